The quantitative estimate of drug-likeness (QED) is 0.570. The Morgan fingerprint density at radius 1 is 1.00 bits per heavy atom. The summed E-state index contributed by atoms with van der Waals surface area (Å²) in [6, 6.07) is 17.3. The molecule has 4 aromatic rings. The average molecular weight is 389 g/mol. The first-order valence-electron chi connectivity index (χ1n) is 9.44. The molecule has 0 unspecified atom stereocenters. The van der Waals surface area contributed by atoms with Crippen LogP contribution in [0.1, 0.15) is 12.8 Å². The van der Waals surface area contributed by atoms with Gasteiger partial charge in [-0.15, -0.1) is 0 Å². The molecule has 1 aliphatic heterocycles. The van der Waals surface area contributed by atoms with Crippen LogP contribution < -0.4 is 4.90 Å². The normalized spacial score (nSPS) is 16.2. The molecule has 1 N–H and O–H groups in total. The molecule has 1 aliphatic rings. The molecular formula is C20H19N7O2. The lowest BCUT2D eigenvalue weighted by Gasteiger charge is -2.40. The molecule has 0 radical (unpaired) electrons. The van der Waals surface area contributed by atoms with Crippen LogP contribution in [0.3, 0.4) is 0 Å². The van der Waals surface area contributed by atoms with Gasteiger partial charge in [0.1, 0.15) is 5.54 Å². The predicted octanol–water partition coefficient (Wildman–Crippen LogP) is 2.09. The summed E-state index contributed by atoms with van der Waals surface area (Å²) >= 11 is 0. The molecule has 9 nitrogen and oxygen atoms in total. The number of anilines is 1. The average Bonchev–Trinajstić information content (AvgIpc) is 3.42. The van der Waals surface area contributed by atoms with Crippen LogP contribution in [0.5, 0.6) is 0 Å². The van der Waals surface area contributed by atoms with E-state index in [0.29, 0.717) is 31.9 Å². The van der Waals surface area contributed by atoms with Crippen molar-refractivity contribution in [3.8, 4) is 5.69 Å². The van der Waals surface area contributed by atoms with Crippen LogP contribution in [0, 0.1) is 0 Å². The van der Waals surface area contributed by atoms with Gasteiger partial charge in [-0.1, -0.05) is 35.4 Å². The molecule has 3 heterocycles. The lowest BCUT2D eigenvalue weighted by molar-refractivity contribution is -0.148. The topological polar surface area (TPSA) is 102 Å². The van der Waals surface area contributed by atoms with E-state index in [0.717, 1.165) is 16.7 Å². The van der Waals surface area contributed by atoms with Gasteiger partial charge >= 0.3 is 5.97 Å². The molecule has 2 aromatic carbocycles. The van der Waals surface area contributed by atoms with Crippen molar-refractivity contribution in [3.05, 3.63) is 60.9 Å². The second-order valence-corrected chi connectivity index (χ2v) is 7.15. The summed E-state index contributed by atoms with van der Waals surface area (Å²) < 4.78 is 3.49. The molecule has 0 spiro atoms. The minimum absolute atomic E-state index is 0.421. The van der Waals surface area contributed by atoms with Crippen LogP contribution in [-0.4, -0.2) is 53.9 Å². The maximum atomic E-state index is 12.4. The van der Waals surface area contributed by atoms with Crippen LogP contribution in [0.15, 0.2) is 60.9 Å². The summed E-state index contributed by atoms with van der Waals surface area (Å²) in [4.78, 5) is 18.8. The van der Waals surface area contributed by atoms with E-state index < -0.39 is 11.5 Å². The first-order valence-corrected chi connectivity index (χ1v) is 9.44. The van der Waals surface area contributed by atoms with Crippen molar-refractivity contribution in [2.75, 3.05) is 18.0 Å². The fourth-order valence-electron chi connectivity index (χ4n) is 4.05. The van der Waals surface area contributed by atoms with E-state index in [-0.39, 0.29) is 0 Å². The Labute approximate surface area is 166 Å². The minimum atomic E-state index is -1.04. The Balaban J connectivity index is 1.46. The number of carboxylic acids is 1. The van der Waals surface area contributed by atoms with Crippen molar-refractivity contribution in [3.63, 3.8) is 0 Å². The minimum Gasteiger partial charge on any atom is -0.479 e. The zero-order chi connectivity index (χ0) is 19.8. The van der Waals surface area contributed by atoms with Crippen LogP contribution in [0.25, 0.3) is 16.7 Å². The number of nitrogens with zero attached hydrogens (tertiary/aromatic N) is 7. The van der Waals surface area contributed by atoms with Crippen LogP contribution in [-0.2, 0) is 10.3 Å². The first kappa shape index (κ1) is 17.4. The summed E-state index contributed by atoms with van der Waals surface area (Å²) in [5, 5.41) is 22.3. The number of rotatable bonds is 4. The van der Waals surface area contributed by atoms with Crippen molar-refractivity contribution in [1.82, 2.24) is 29.8 Å². The number of aliphatic carboxylic acids is 1. The Morgan fingerprint density at radius 2 is 1.72 bits per heavy atom. The summed E-state index contributed by atoms with van der Waals surface area (Å²) in [6.07, 6.45) is 2.48. The van der Waals surface area contributed by atoms with E-state index in [1.807, 2.05) is 64.1 Å². The van der Waals surface area contributed by atoms with E-state index in [9.17, 15) is 9.90 Å². The maximum Gasteiger partial charge on any atom is 0.330 e. The van der Waals surface area contributed by atoms with Crippen molar-refractivity contribution in [2.24, 2.45) is 0 Å². The van der Waals surface area contributed by atoms with Gasteiger partial charge in [0.25, 0.3) is 0 Å². The third-order valence-corrected chi connectivity index (χ3v) is 5.64. The maximum absolute atomic E-state index is 12.4. The van der Waals surface area contributed by atoms with Crippen molar-refractivity contribution in [2.45, 2.75) is 18.4 Å². The molecule has 0 aliphatic carbocycles. The van der Waals surface area contributed by atoms with Crippen LogP contribution >= 0.6 is 0 Å². The smallest absolute Gasteiger partial charge is 0.330 e. The van der Waals surface area contributed by atoms with Gasteiger partial charge in [-0.3, -0.25) is 0 Å². The number of hydrogen-bond donors (Lipinski definition) is 1. The van der Waals surface area contributed by atoms with Gasteiger partial charge in [0.15, 0.2) is 0 Å². The predicted molar refractivity (Wildman–Crippen MR) is 106 cm³/mol. The zero-order valence-corrected chi connectivity index (χ0v) is 15.6. The summed E-state index contributed by atoms with van der Waals surface area (Å²) in [5.74, 6) is -0.228. The summed E-state index contributed by atoms with van der Waals surface area (Å²) in [6.45, 7) is 1.04. The van der Waals surface area contributed by atoms with Gasteiger partial charge in [0.2, 0.25) is 5.95 Å². The van der Waals surface area contributed by atoms with Gasteiger partial charge in [0.05, 0.1) is 23.0 Å². The number of benzene rings is 2. The standard InChI is InChI=1S/C20H19N7O2/c28-18(29)20(26-14-21-16-8-4-5-9-17(16)26)10-12-25(13-11-20)19-22-23-24-27(19)15-6-2-1-3-7-15/h1-9,14H,10-13H2,(H,28,29). The van der Waals surface area contributed by atoms with Crippen molar-refractivity contribution in [1.29, 1.82) is 0 Å². The molecule has 1 saturated heterocycles. The lowest BCUT2D eigenvalue weighted by Crippen LogP contribution is -2.51. The van der Waals surface area contributed by atoms with E-state index in [1.54, 1.807) is 11.0 Å². The number of piperidine rings is 1. The number of tetrazole rings is 1. The van der Waals surface area contributed by atoms with E-state index in [2.05, 4.69) is 20.5 Å². The number of hydrogen-bond acceptors (Lipinski definition) is 6. The first-order chi connectivity index (χ1) is 14.2. The monoisotopic (exact) mass is 389 g/mol. The number of fused-ring (bicyclic) bond motifs is 1. The molecular weight excluding hydrogens is 370 g/mol. The molecule has 9 heteroatoms. The molecule has 0 atom stereocenters. The van der Waals surface area contributed by atoms with Crippen molar-refractivity contribution >= 4 is 23.0 Å². The number of para-hydroxylation sites is 3. The summed E-state index contributed by atoms with van der Waals surface area (Å²) in [7, 11) is 0. The summed E-state index contributed by atoms with van der Waals surface area (Å²) in [5.41, 5.74) is 1.45. The number of imidazole rings is 1. The number of carbonyl (C=O) groups is 1. The third kappa shape index (κ3) is 2.74. The second-order valence-electron chi connectivity index (χ2n) is 7.15. The van der Waals surface area contributed by atoms with Gasteiger partial charge in [0, 0.05) is 13.1 Å². The third-order valence-electron chi connectivity index (χ3n) is 5.64. The molecule has 5 rings (SSSR count). The Hall–Kier alpha value is -3.75. The molecule has 0 amide bonds. The molecule has 29 heavy (non-hydrogen) atoms. The molecule has 0 saturated carbocycles. The second kappa shape index (κ2) is 6.69. The lowest BCUT2D eigenvalue weighted by atomic mass is 9.87. The zero-order valence-electron chi connectivity index (χ0n) is 15.6. The van der Waals surface area contributed by atoms with E-state index in [4.69, 9.17) is 0 Å². The van der Waals surface area contributed by atoms with Gasteiger partial charge in [-0.2, -0.15) is 4.68 Å². The molecule has 1 fully saturated rings. The van der Waals surface area contributed by atoms with Crippen LogP contribution in [0.2, 0.25) is 0 Å². The molecule has 2 aromatic heterocycles. The fraction of sp³-hybridized carbons (Fsp3) is 0.250. The molecule has 146 valence electrons. The van der Waals surface area contributed by atoms with Crippen LogP contribution in [0.4, 0.5) is 5.95 Å². The highest BCUT2D eigenvalue weighted by atomic mass is 16.4. The Bertz CT molecular complexity index is 1160. The highest BCUT2D eigenvalue weighted by molar-refractivity contribution is 5.82. The molecule has 0 bridgehead atoms. The van der Waals surface area contributed by atoms with Gasteiger partial charge < -0.3 is 14.6 Å². The van der Waals surface area contributed by atoms with Gasteiger partial charge in [-0.05, 0) is 47.5 Å². The highest BCUT2D eigenvalue weighted by Crippen LogP contribution is 2.35. The van der Waals surface area contributed by atoms with E-state index in [1.165, 1.54) is 0 Å². The SMILES string of the molecule is O=C(O)C1(n2cnc3ccccc32)CCN(c2nnnn2-c2ccccc2)CC1. The Kier molecular flexibility index (Phi) is 4.01. The number of carboxylic acid groups (broad SMARTS) is 1. The van der Waals surface area contributed by atoms with Crippen molar-refractivity contribution < 1.29 is 9.90 Å². The fourth-order valence-corrected chi connectivity index (χ4v) is 4.05. The van der Waals surface area contributed by atoms with E-state index >= 15 is 0 Å². The van der Waals surface area contributed by atoms with Gasteiger partial charge in [-0.25, -0.2) is 9.78 Å². The largest absolute Gasteiger partial charge is 0.479 e. The Morgan fingerprint density at radius 3 is 2.48 bits per heavy atom. The highest BCUT2D eigenvalue weighted by Gasteiger charge is 2.44. The number of aromatic nitrogens is 6.